The monoisotopic (exact) mass is 396 g/mol. The van der Waals surface area contributed by atoms with Crippen molar-refractivity contribution in [2.24, 2.45) is 13.0 Å². The summed E-state index contributed by atoms with van der Waals surface area (Å²) in [5, 5.41) is 6.24. The lowest BCUT2D eigenvalue weighted by atomic mass is 10.2. The van der Waals surface area contributed by atoms with E-state index in [1.807, 2.05) is 29.8 Å². The molecular formula is C21H21ClN4O2. The molecule has 0 spiro atoms. The Morgan fingerprint density at radius 1 is 1.21 bits per heavy atom. The van der Waals surface area contributed by atoms with E-state index in [0.717, 1.165) is 29.7 Å². The van der Waals surface area contributed by atoms with Gasteiger partial charge in [0.25, 0.3) is 5.91 Å². The number of hydrogen-bond acceptors (Lipinski definition) is 3. The van der Waals surface area contributed by atoms with Crippen LogP contribution in [0.4, 0.5) is 5.69 Å². The second kappa shape index (κ2) is 7.64. The minimum atomic E-state index is -0.260. The first-order chi connectivity index (χ1) is 13.5. The average molecular weight is 397 g/mol. The minimum absolute atomic E-state index is 0.142. The predicted octanol–water partition coefficient (Wildman–Crippen LogP) is 3.55. The van der Waals surface area contributed by atoms with Gasteiger partial charge in [-0.3, -0.25) is 9.59 Å². The van der Waals surface area contributed by atoms with Crippen molar-refractivity contribution >= 4 is 40.1 Å². The Hall–Kier alpha value is -2.86. The molecule has 1 saturated carbocycles. The number of fused-ring (bicyclic) bond motifs is 1. The van der Waals surface area contributed by atoms with Crippen LogP contribution in [-0.2, 0) is 18.3 Å². The predicted molar refractivity (Wildman–Crippen MR) is 110 cm³/mol. The summed E-state index contributed by atoms with van der Waals surface area (Å²) < 4.78 is 2.01. The van der Waals surface area contributed by atoms with Crippen LogP contribution in [0.3, 0.4) is 0 Å². The molecule has 0 atom stereocenters. The third kappa shape index (κ3) is 3.87. The van der Waals surface area contributed by atoms with E-state index in [1.165, 1.54) is 0 Å². The molecule has 4 rings (SSSR count). The Morgan fingerprint density at radius 3 is 2.75 bits per heavy atom. The van der Waals surface area contributed by atoms with Crippen molar-refractivity contribution in [3.05, 3.63) is 58.9 Å². The fourth-order valence-electron chi connectivity index (χ4n) is 3.18. The van der Waals surface area contributed by atoms with Crippen LogP contribution >= 0.6 is 11.6 Å². The van der Waals surface area contributed by atoms with Crippen LogP contribution < -0.4 is 10.6 Å². The number of imidazole rings is 1. The lowest BCUT2D eigenvalue weighted by Crippen LogP contribution is -2.27. The Morgan fingerprint density at radius 2 is 2.00 bits per heavy atom. The summed E-state index contributed by atoms with van der Waals surface area (Å²) in [6.45, 7) is 0.572. The SMILES string of the molecule is Cn1c(CCNC(=O)C2CC2)nc2cc(NC(=O)c3ccccc3Cl)ccc21. The highest BCUT2D eigenvalue weighted by molar-refractivity contribution is 6.34. The molecule has 2 N–H and O–H groups in total. The smallest absolute Gasteiger partial charge is 0.257 e. The Labute approximate surface area is 167 Å². The van der Waals surface area contributed by atoms with E-state index in [-0.39, 0.29) is 17.7 Å². The van der Waals surface area contributed by atoms with E-state index in [2.05, 4.69) is 15.6 Å². The molecule has 1 aliphatic rings. The van der Waals surface area contributed by atoms with Crippen molar-refractivity contribution in [3.8, 4) is 0 Å². The second-order valence-corrected chi connectivity index (χ2v) is 7.45. The van der Waals surface area contributed by atoms with E-state index in [1.54, 1.807) is 24.3 Å². The topological polar surface area (TPSA) is 76.0 Å². The molecule has 1 heterocycles. The fourth-order valence-corrected chi connectivity index (χ4v) is 3.40. The van der Waals surface area contributed by atoms with Gasteiger partial charge in [0, 0.05) is 31.6 Å². The van der Waals surface area contributed by atoms with Crippen LogP contribution in [0.15, 0.2) is 42.5 Å². The molecule has 6 nitrogen and oxygen atoms in total. The van der Waals surface area contributed by atoms with Crippen molar-refractivity contribution in [1.29, 1.82) is 0 Å². The average Bonchev–Trinajstić information content (AvgIpc) is 3.48. The second-order valence-electron chi connectivity index (χ2n) is 7.04. The lowest BCUT2D eigenvalue weighted by Gasteiger charge is -2.07. The number of amides is 2. The van der Waals surface area contributed by atoms with Gasteiger partial charge in [0.15, 0.2) is 0 Å². The number of aromatic nitrogens is 2. The number of halogens is 1. The third-order valence-corrected chi connectivity index (χ3v) is 5.28. The molecule has 2 aromatic carbocycles. The van der Waals surface area contributed by atoms with Crippen LogP contribution in [0.5, 0.6) is 0 Å². The Kier molecular flexibility index (Phi) is 5.05. The number of nitrogens with zero attached hydrogens (tertiary/aromatic N) is 2. The Balaban J connectivity index is 1.47. The highest BCUT2D eigenvalue weighted by Gasteiger charge is 2.29. The summed E-state index contributed by atoms with van der Waals surface area (Å²) in [7, 11) is 1.95. The normalized spacial score (nSPS) is 13.5. The molecule has 0 saturated heterocycles. The first-order valence-corrected chi connectivity index (χ1v) is 9.69. The van der Waals surface area contributed by atoms with Gasteiger partial charge in [-0.05, 0) is 43.2 Å². The van der Waals surface area contributed by atoms with Crippen LogP contribution in [0.2, 0.25) is 5.02 Å². The van der Waals surface area contributed by atoms with Gasteiger partial charge in [0.05, 0.1) is 21.6 Å². The molecule has 0 aliphatic heterocycles. The summed E-state index contributed by atoms with van der Waals surface area (Å²) >= 11 is 6.09. The number of hydrogen-bond donors (Lipinski definition) is 2. The first kappa shape index (κ1) is 18.5. The van der Waals surface area contributed by atoms with Crippen molar-refractivity contribution in [2.45, 2.75) is 19.3 Å². The number of anilines is 1. The minimum Gasteiger partial charge on any atom is -0.355 e. The van der Waals surface area contributed by atoms with Gasteiger partial charge in [-0.2, -0.15) is 0 Å². The molecule has 3 aromatic rings. The molecule has 1 fully saturated rings. The van der Waals surface area contributed by atoms with Crippen LogP contribution in [0.25, 0.3) is 11.0 Å². The lowest BCUT2D eigenvalue weighted by molar-refractivity contribution is -0.122. The largest absolute Gasteiger partial charge is 0.355 e. The van der Waals surface area contributed by atoms with E-state index >= 15 is 0 Å². The molecule has 1 aromatic heterocycles. The molecule has 7 heteroatoms. The number of carbonyl (C=O) groups is 2. The van der Waals surface area contributed by atoms with Gasteiger partial charge in [-0.15, -0.1) is 0 Å². The maximum atomic E-state index is 12.4. The molecule has 0 unspecified atom stereocenters. The summed E-state index contributed by atoms with van der Waals surface area (Å²) in [6, 6.07) is 12.5. The molecular weight excluding hydrogens is 376 g/mol. The van der Waals surface area contributed by atoms with E-state index in [9.17, 15) is 9.59 Å². The van der Waals surface area contributed by atoms with Crippen molar-refractivity contribution in [3.63, 3.8) is 0 Å². The molecule has 0 radical (unpaired) electrons. The molecule has 1 aliphatic carbocycles. The summed E-state index contributed by atoms with van der Waals surface area (Å²) in [6.07, 6.45) is 2.66. The van der Waals surface area contributed by atoms with Gasteiger partial charge in [-0.1, -0.05) is 23.7 Å². The molecule has 144 valence electrons. The first-order valence-electron chi connectivity index (χ1n) is 9.32. The highest BCUT2D eigenvalue weighted by atomic mass is 35.5. The van der Waals surface area contributed by atoms with E-state index in [4.69, 9.17) is 11.6 Å². The number of nitrogens with one attached hydrogen (secondary N) is 2. The number of rotatable bonds is 6. The van der Waals surface area contributed by atoms with Gasteiger partial charge in [0.2, 0.25) is 5.91 Å². The zero-order valence-corrected chi connectivity index (χ0v) is 16.3. The van der Waals surface area contributed by atoms with Gasteiger partial charge in [-0.25, -0.2) is 4.98 Å². The number of carbonyl (C=O) groups excluding carboxylic acids is 2. The summed E-state index contributed by atoms with van der Waals surface area (Å²) in [5.74, 6) is 0.984. The third-order valence-electron chi connectivity index (χ3n) is 4.95. The number of aryl methyl sites for hydroxylation is 1. The zero-order chi connectivity index (χ0) is 19.7. The van der Waals surface area contributed by atoms with Crippen LogP contribution in [0.1, 0.15) is 29.0 Å². The maximum Gasteiger partial charge on any atom is 0.257 e. The van der Waals surface area contributed by atoms with Crippen molar-refractivity contribution in [1.82, 2.24) is 14.9 Å². The summed E-state index contributed by atoms with van der Waals surface area (Å²) in [4.78, 5) is 28.9. The molecule has 28 heavy (non-hydrogen) atoms. The molecule has 0 bridgehead atoms. The van der Waals surface area contributed by atoms with Gasteiger partial charge >= 0.3 is 0 Å². The highest BCUT2D eigenvalue weighted by Crippen LogP contribution is 2.28. The van der Waals surface area contributed by atoms with Crippen LogP contribution in [0, 0.1) is 5.92 Å². The van der Waals surface area contributed by atoms with Crippen LogP contribution in [-0.4, -0.2) is 27.9 Å². The summed E-state index contributed by atoms with van der Waals surface area (Å²) in [5.41, 5.74) is 2.85. The fraction of sp³-hybridized carbons (Fsp3) is 0.286. The maximum absolute atomic E-state index is 12.4. The van der Waals surface area contributed by atoms with Crippen molar-refractivity contribution < 1.29 is 9.59 Å². The zero-order valence-electron chi connectivity index (χ0n) is 15.5. The molecule has 2 amide bonds. The van der Waals surface area contributed by atoms with E-state index in [0.29, 0.717) is 29.2 Å². The number of benzene rings is 2. The Bertz CT molecular complexity index is 1060. The van der Waals surface area contributed by atoms with Gasteiger partial charge in [0.1, 0.15) is 5.82 Å². The van der Waals surface area contributed by atoms with Crippen molar-refractivity contribution in [2.75, 3.05) is 11.9 Å². The van der Waals surface area contributed by atoms with Gasteiger partial charge < -0.3 is 15.2 Å². The standard InChI is InChI=1S/C21H21ClN4O2/c1-26-18-9-8-14(24-21(28)15-4-2-3-5-16(15)22)12-17(18)25-19(26)10-11-23-20(27)13-6-7-13/h2-5,8-9,12-13H,6-7,10-11H2,1H3,(H,23,27)(H,24,28). The quantitative estimate of drug-likeness (QED) is 0.669. The van der Waals surface area contributed by atoms with E-state index < -0.39 is 0 Å².